The van der Waals surface area contributed by atoms with E-state index in [4.69, 9.17) is 21.4 Å². The van der Waals surface area contributed by atoms with Gasteiger partial charge >= 0.3 is 0 Å². The fourth-order valence-corrected chi connectivity index (χ4v) is 3.81. The zero-order valence-corrected chi connectivity index (χ0v) is 20.3. The van der Waals surface area contributed by atoms with E-state index in [2.05, 4.69) is 44.8 Å². The third-order valence-electron chi connectivity index (χ3n) is 5.67. The Morgan fingerprint density at radius 3 is 1.32 bits per heavy atom. The second kappa shape index (κ2) is 11.1. The van der Waals surface area contributed by atoms with Crippen LogP contribution in [0.1, 0.15) is 11.1 Å². The van der Waals surface area contributed by atoms with Crippen LogP contribution in [-0.2, 0) is 13.1 Å². The van der Waals surface area contributed by atoms with E-state index >= 15 is 0 Å². The van der Waals surface area contributed by atoms with Crippen LogP contribution in [0.5, 0.6) is 0 Å². The summed E-state index contributed by atoms with van der Waals surface area (Å²) in [5, 5.41) is 6.57. The van der Waals surface area contributed by atoms with Crippen LogP contribution in [0.15, 0.2) is 109 Å². The van der Waals surface area contributed by atoms with Crippen molar-refractivity contribution in [3.05, 3.63) is 120 Å². The van der Waals surface area contributed by atoms with Crippen molar-refractivity contribution in [2.24, 2.45) is 0 Å². The molecule has 5 rings (SSSR count). The lowest BCUT2D eigenvalue weighted by atomic mass is 10.2. The van der Waals surface area contributed by atoms with E-state index in [0.717, 1.165) is 22.5 Å². The van der Waals surface area contributed by atoms with E-state index in [-0.39, 0.29) is 0 Å². The van der Waals surface area contributed by atoms with Crippen LogP contribution in [0.2, 0.25) is 0 Å². The molecule has 6 N–H and O–H groups in total. The van der Waals surface area contributed by atoms with Gasteiger partial charge in [0.1, 0.15) is 0 Å². The molecular weight excluding hydrogens is 460 g/mol. The number of nitrogens with two attached hydrogens (primary N) is 2. The lowest BCUT2D eigenvalue weighted by molar-refractivity contribution is 0.760. The smallest absolute Gasteiger partial charge is 0.233 e. The lowest BCUT2D eigenvalue weighted by Gasteiger charge is -2.24. The molecule has 4 aromatic carbocycles. The number of nitrogen functional groups attached to an aromatic ring is 2. The van der Waals surface area contributed by atoms with Gasteiger partial charge in [0.2, 0.25) is 17.8 Å². The number of hydrogen-bond donors (Lipinski definition) is 4. The van der Waals surface area contributed by atoms with Crippen LogP contribution in [0.3, 0.4) is 0 Å². The molecule has 184 valence electrons. The highest BCUT2D eigenvalue weighted by Crippen LogP contribution is 2.24. The topological polar surface area (TPSA) is 118 Å². The van der Waals surface area contributed by atoms with Gasteiger partial charge in [0, 0.05) is 35.8 Å². The van der Waals surface area contributed by atoms with E-state index in [9.17, 15) is 0 Å². The molecule has 0 spiro atoms. The van der Waals surface area contributed by atoms with Crippen molar-refractivity contribution in [3.63, 3.8) is 0 Å². The fraction of sp³-hybridized carbons (Fsp3) is 0.0690. The average molecular weight is 489 g/mol. The highest BCUT2D eigenvalue weighted by molar-refractivity contribution is 5.62. The number of anilines is 7. The summed E-state index contributed by atoms with van der Waals surface area (Å²) < 4.78 is 0. The van der Waals surface area contributed by atoms with Gasteiger partial charge in [-0.2, -0.15) is 15.0 Å². The Bertz CT molecular complexity index is 1320. The zero-order valence-electron chi connectivity index (χ0n) is 20.3. The highest BCUT2D eigenvalue weighted by Gasteiger charge is 2.16. The first kappa shape index (κ1) is 23.6. The lowest BCUT2D eigenvalue weighted by Crippen LogP contribution is -2.25. The van der Waals surface area contributed by atoms with Crippen LogP contribution in [0.25, 0.3) is 0 Å². The molecule has 0 bridgehead atoms. The second-order valence-corrected chi connectivity index (χ2v) is 8.60. The van der Waals surface area contributed by atoms with Gasteiger partial charge in [-0.05, 0) is 59.7 Å². The molecule has 1 heterocycles. The minimum atomic E-state index is 0.416. The number of aromatic nitrogens is 3. The number of nitrogens with one attached hydrogen (secondary N) is 2. The molecule has 0 aliphatic carbocycles. The predicted molar refractivity (Wildman–Crippen MR) is 151 cm³/mol. The standard InChI is InChI=1S/C29H28N8/c30-23-11-15-25(16-12-23)32-27-34-28(33-26-17-13-24(31)14-18-26)36-29(35-27)37(19-21-7-3-1-4-8-21)20-22-9-5-2-6-10-22/h1-18H,19-20,30-31H2,(H2,32,33,34,35,36). The maximum Gasteiger partial charge on any atom is 0.233 e. The van der Waals surface area contributed by atoms with E-state index in [0.29, 0.717) is 42.3 Å². The van der Waals surface area contributed by atoms with E-state index < -0.39 is 0 Å². The largest absolute Gasteiger partial charge is 0.399 e. The van der Waals surface area contributed by atoms with E-state index in [1.807, 2.05) is 84.9 Å². The quantitative estimate of drug-likeness (QED) is 0.194. The molecule has 0 aliphatic rings. The summed E-state index contributed by atoms with van der Waals surface area (Å²) in [6.45, 7) is 1.25. The average Bonchev–Trinajstić information content (AvgIpc) is 2.92. The number of nitrogens with zero attached hydrogens (tertiary/aromatic N) is 4. The molecule has 8 heteroatoms. The van der Waals surface area contributed by atoms with Crippen LogP contribution < -0.4 is 27.0 Å². The van der Waals surface area contributed by atoms with Gasteiger partial charge < -0.3 is 27.0 Å². The molecule has 0 radical (unpaired) electrons. The first-order chi connectivity index (χ1) is 18.1. The van der Waals surface area contributed by atoms with Crippen LogP contribution in [0, 0.1) is 0 Å². The molecule has 0 aliphatic heterocycles. The van der Waals surface area contributed by atoms with Crippen LogP contribution >= 0.6 is 0 Å². The van der Waals surface area contributed by atoms with Gasteiger partial charge in [-0.15, -0.1) is 0 Å². The molecule has 0 atom stereocenters. The Balaban J connectivity index is 1.53. The summed E-state index contributed by atoms with van der Waals surface area (Å²) in [7, 11) is 0. The van der Waals surface area contributed by atoms with Gasteiger partial charge in [0.05, 0.1) is 0 Å². The number of rotatable bonds is 9. The zero-order chi connectivity index (χ0) is 25.5. The Morgan fingerprint density at radius 1 is 0.514 bits per heavy atom. The molecule has 0 saturated carbocycles. The molecule has 5 aromatic rings. The minimum Gasteiger partial charge on any atom is -0.399 e. The molecule has 0 saturated heterocycles. The molecule has 0 fully saturated rings. The molecule has 8 nitrogen and oxygen atoms in total. The maximum absolute atomic E-state index is 5.86. The second-order valence-electron chi connectivity index (χ2n) is 8.60. The van der Waals surface area contributed by atoms with Crippen molar-refractivity contribution in [3.8, 4) is 0 Å². The Hall–Kier alpha value is -5.11. The number of hydrogen-bond acceptors (Lipinski definition) is 8. The van der Waals surface area contributed by atoms with Gasteiger partial charge in [-0.1, -0.05) is 60.7 Å². The minimum absolute atomic E-state index is 0.416. The third-order valence-corrected chi connectivity index (χ3v) is 5.67. The molecule has 1 aromatic heterocycles. The van der Waals surface area contributed by atoms with Gasteiger partial charge in [0.15, 0.2) is 0 Å². The third kappa shape index (κ3) is 6.52. The Labute approximate surface area is 216 Å². The predicted octanol–water partition coefficient (Wildman–Crippen LogP) is 5.73. The summed E-state index contributed by atoms with van der Waals surface area (Å²) in [5.74, 6) is 1.37. The molecule has 0 amide bonds. The first-order valence-electron chi connectivity index (χ1n) is 11.9. The molecule has 37 heavy (non-hydrogen) atoms. The normalized spacial score (nSPS) is 10.6. The summed E-state index contributed by atoms with van der Waals surface area (Å²) >= 11 is 0. The monoisotopic (exact) mass is 488 g/mol. The first-order valence-corrected chi connectivity index (χ1v) is 11.9. The van der Waals surface area contributed by atoms with Crippen molar-refractivity contribution >= 4 is 40.6 Å². The van der Waals surface area contributed by atoms with Gasteiger partial charge in [-0.25, -0.2) is 0 Å². The van der Waals surface area contributed by atoms with E-state index in [1.54, 1.807) is 0 Å². The summed E-state index contributed by atoms with van der Waals surface area (Å²) in [6.07, 6.45) is 0. The fourth-order valence-electron chi connectivity index (χ4n) is 3.81. The van der Waals surface area contributed by atoms with Crippen molar-refractivity contribution in [2.45, 2.75) is 13.1 Å². The van der Waals surface area contributed by atoms with Crippen LogP contribution in [-0.4, -0.2) is 15.0 Å². The van der Waals surface area contributed by atoms with Gasteiger partial charge in [0.25, 0.3) is 0 Å². The summed E-state index contributed by atoms with van der Waals surface area (Å²) in [5.41, 5.74) is 17.0. The van der Waals surface area contributed by atoms with Crippen molar-refractivity contribution < 1.29 is 0 Å². The van der Waals surface area contributed by atoms with E-state index in [1.165, 1.54) is 0 Å². The SMILES string of the molecule is Nc1ccc(Nc2nc(Nc3ccc(N)cc3)nc(N(Cc3ccccc3)Cc3ccccc3)n2)cc1. The molecular formula is C29H28N8. The summed E-state index contributed by atoms with van der Waals surface area (Å²) in [6, 6.07) is 35.4. The maximum atomic E-state index is 5.86. The highest BCUT2D eigenvalue weighted by atomic mass is 15.3. The molecule has 0 unspecified atom stereocenters. The Kier molecular flexibility index (Phi) is 7.08. The van der Waals surface area contributed by atoms with Crippen molar-refractivity contribution in [1.82, 2.24) is 15.0 Å². The van der Waals surface area contributed by atoms with Crippen LogP contribution in [0.4, 0.5) is 40.6 Å². The summed E-state index contributed by atoms with van der Waals surface area (Å²) in [4.78, 5) is 16.4. The van der Waals surface area contributed by atoms with Gasteiger partial charge in [-0.3, -0.25) is 0 Å². The van der Waals surface area contributed by atoms with Crippen molar-refractivity contribution in [2.75, 3.05) is 27.0 Å². The Morgan fingerprint density at radius 2 is 0.919 bits per heavy atom. The van der Waals surface area contributed by atoms with Crippen molar-refractivity contribution in [1.29, 1.82) is 0 Å². The number of benzene rings is 4.